The molecule has 2 aromatic carbocycles. The van der Waals surface area contributed by atoms with Crippen molar-refractivity contribution in [3.8, 4) is 6.07 Å². The van der Waals surface area contributed by atoms with Crippen LogP contribution in [0.25, 0.3) is 11.6 Å². The fourth-order valence-corrected chi connectivity index (χ4v) is 6.48. The molecular weight excluding hydrogens is 544 g/mol. The number of aryl methyl sites for hydroxylation is 2. The summed E-state index contributed by atoms with van der Waals surface area (Å²) in [7, 11) is 0. The van der Waals surface area contributed by atoms with E-state index in [1.165, 1.54) is 16.7 Å². The number of carbonyl (C=O) groups excluding carboxylic acids is 1. The number of amides is 2. The molecule has 0 radical (unpaired) electrons. The van der Waals surface area contributed by atoms with Crippen molar-refractivity contribution >= 4 is 35.0 Å². The van der Waals surface area contributed by atoms with Crippen molar-refractivity contribution in [2.45, 2.75) is 45.1 Å². The van der Waals surface area contributed by atoms with Crippen molar-refractivity contribution in [2.24, 2.45) is 5.92 Å². The van der Waals surface area contributed by atoms with Crippen LogP contribution in [0.1, 0.15) is 65.2 Å². The number of piperidine rings is 1. The molecule has 8 heteroatoms. The smallest absolute Gasteiger partial charge is 0.321 e. The lowest BCUT2D eigenvalue weighted by molar-refractivity contribution is 0.177. The Labute approximate surface area is 251 Å². The molecule has 1 atom stereocenters. The maximum Gasteiger partial charge on any atom is 0.321 e. The van der Waals surface area contributed by atoms with Crippen molar-refractivity contribution in [3.05, 3.63) is 112 Å². The number of pyridine rings is 1. The van der Waals surface area contributed by atoms with Crippen LogP contribution in [0.5, 0.6) is 0 Å². The topological polar surface area (TPSA) is 86.8 Å². The maximum absolute atomic E-state index is 13.1. The van der Waals surface area contributed by atoms with Crippen LogP contribution in [0, 0.1) is 24.2 Å². The number of benzene rings is 2. The monoisotopic (exact) mass is 576 g/mol. The van der Waals surface area contributed by atoms with Crippen LogP contribution in [0.4, 0.5) is 10.5 Å². The zero-order valence-corrected chi connectivity index (χ0v) is 24.4. The number of carbonyl (C=O) groups is 1. The van der Waals surface area contributed by atoms with E-state index in [1.54, 1.807) is 24.3 Å². The highest BCUT2D eigenvalue weighted by molar-refractivity contribution is 6.30. The van der Waals surface area contributed by atoms with Gasteiger partial charge in [-0.2, -0.15) is 5.26 Å². The normalized spacial score (nSPS) is 16.5. The van der Waals surface area contributed by atoms with Crippen LogP contribution >= 0.6 is 11.6 Å². The predicted octanol–water partition coefficient (Wildman–Crippen LogP) is 7.52. The first-order chi connectivity index (χ1) is 20.5. The Morgan fingerprint density at radius 3 is 2.67 bits per heavy atom. The molecular formula is C34H33ClN6O. The van der Waals surface area contributed by atoms with Gasteiger partial charge in [-0.3, -0.25) is 4.98 Å². The molecule has 6 rings (SSSR count). The summed E-state index contributed by atoms with van der Waals surface area (Å²) in [6.45, 7) is 4.25. The zero-order valence-electron chi connectivity index (χ0n) is 23.6. The van der Waals surface area contributed by atoms with Crippen LogP contribution in [-0.2, 0) is 6.54 Å². The number of urea groups is 1. The summed E-state index contributed by atoms with van der Waals surface area (Å²) in [4.78, 5) is 24.3. The van der Waals surface area contributed by atoms with Gasteiger partial charge in [0.15, 0.2) is 0 Å². The first-order valence-corrected chi connectivity index (χ1v) is 14.9. The molecule has 0 saturated carbocycles. The molecule has 0 unspecified atom stereocenters. The number of imidazole rings is 1. The molecule has 42 heavy (non-hydrogen) atoms. The molecule has 2 amide bonds. The van der Waals surface area contributed by atoms with Crippen LogP contribution < -0.4 is 5.32 Å². The third-order valence-corrected chi connectivity index (χ3v) is 8.62. The van der Waals surface area contributed by atoms with E-state index >= 15 is 0 Å². The average molecular weight is 577 g/mol. The molecule has 3 heterocycles. The van der Waals surface area contributed by atoms with Gasteiger partial charge in [0.2, 0.25) is 0 Å². The van der Waals surface area contributed by atoms with Crippen LogP contribution in [0.2, 0.25) is 5.02 Å². The number of nitriles is 1. The van der Waals surface area contributed by atoms with Gasteiger partial charge in [-0.15, -0.1) is 0 Å². The Morgan fingerprint density at radius 2 is 1.93 bits per heavy atom. The quantitative estimate of drug-likeness (QED) is 0.257. The lowest BCUT2D eigenvalue weighted by atomic mass is 9.76. The van der Waals surface area contributed by atoms with Crippen molar-refractivity contribution in [2.75, 3.05) is 18.4 Å². The molecule has 1 saturated heterocycles. The minimum absolute atomic E-state index is 0.109. The van der Waals surface area contributed by atoms with E-state index in [0.717, 1.165) is 54.2 Å². The zero-order chi connectivity index (χ0) is 29.1. The van der Waals surface area contributed by atoms with Gasteiger partial charge in [-0.25, -0.2) is 9.78 Å². The second kappa shape index (κ2) is 12.2. The molecule has 1 N–H and O–H groups in total. The van der Waals surface area contributed by atoms with Gasteiger partial charge in [-0.05, 0) is 103 Å². The number of hydrogen-bond donors (Lipinski definition) is 1. The summed E-state index contributed by atoms with van der Waals surface area (Å²) >= 11 is 6.52. The van der Waals surface area contributed by atoms with Gasteiger partial charge in [-0.1, -0.05) is 29.8 Å². The first kappa shape index (κ1) is 27.7. The molecule has 4 aromatic rings. The minimum atomic E-state index is -0.109. The molecule has 1 aliphatic carbocycles. The van der Waals surface area contributed by atoms with Crippen molar-refractivity contribution in [1.29, 1.82) is 5.26 Å². The van der Waals surface area contributed by atoms with Crippen LogP contribution in [0.15, 0.2) is 73.3 Å². The number of likely N-dealkylation sites (tertiary alicyclic amines) is 1. The lowest BCUT2D eigenvalue weighted by Crippen LogP contribution is -2.42. The Bertz CT molecular complexity index is 1660. The van der Waals surface area contributed by atoms with E-state index in [9.17, 15) is 4.79 Å². The number of anilines is 1. The van der Waals surface area contributed by atoms with Crippen molar-refractivity contribution in [1.82, 2.24) is 19.4 Å². The number of fused-ring (bicyclic) bond motifs is 2. The van der Waals surface area contributed by atoms with Gasteiger partial charge in [0, 0.05) is 48.7 Å². The fourth-order valence-electron chi connectivity index (χ4n) is 6.30. The van der Waals surface area contributed by atoms with Crippen LogP contribution in [0.3, 0.4) is 0 Å². The van der Waals surface area contributed by atoms with E-state index in [1.807, 2.05) is 36.5 Å². The van der Waals surface area contributed by atoms with Gasteiger partial charge < -0.3 is 14.8 Å². The van der Waals surface area contributed by atoms with Gasteiger partial charge >= 0.3 is 6.03 Å². The van der Waals surface area contributed by atoms with Crippen LogP contribution in [-0.4, -0.2) is 38.6 Å². The van der Waals surface area contributed by atoms with E-state index in [-0.39, 0.29) is 11.9 Å². The van der Waals surface area contributed by atoms with Gasteiger partial charge in [0.1, 0.15) is 0 Å². The second-order valence-electron chi connectivity index (χ2n) is 11.2. The standard InChI is InChI=1S/C34H33ClN6O/c1-23-21-40(22-38-23)15-3-4-26-18-27-19-28(35)8-11-30(27)32(33-31(26)5-2-14-37-33)25-12-16-41(17-13-25)34(42)39-29-9-6-24(20-36)7-10-29/h2,5-11,14,18-19,21-22,25,32H,3-4,12-13,15-17H2,1H3,(H,39,42)/t32-/m0/s1. The highest BCUT2D eigenvalue weighted by Gasteiger charge is 2.35. The highest BCUT2D eigenvalue weighted by Crippen LogP contribution is 2.45. The van der Waals surface area contributed by atoms with E-state index in [2.05, 4.69) is 51.4 Å². The molecule has 2 aliphatic rings. The maximum atomic E-state index is 13.1. The minimum Gasteiger partial charge on any atom is -0.337 e. The summed E-state index contributed by atoms with van der Waals surface area (Å²) in [6.07, 6.45) is 11.8. The Hall–Kier alpha value is -4.41. The third-order valence-electron chi connectivity index (χ3n) is 8.38. The second-order valence-corrected chi connectivity index (χ2v) is 11.6. The number of allylic oxidation sites excluding steroid dienone is 1. The highest BCUT2D eigenvalue weighted by atomic mass is 35.5. The molecule has 0 spiro atoms. The Kier molecular flexibility index (Phi) is 8.07. The molecule has 7 nitrogen and oxygen atoms in total. The third kappa shape index (κ3) is 5.95. The Morgan fingerprint density at radius 1 is 1.12 bits per heavy atom. The summed E-state index contributed by atoms with van der Waals surface area (Å²) < 4.78 is 2.15. The van der Waals surface area contributed by atoms with E-state index in [0.29, 0.717) is 30.3 Å². The number of rotatable bonds is 6. The average Bonchev–Trinajstić information content (AvgIpc) is 3.37. The molecule has 2 aromatic heterocycles. The largest absolute Gasteiger partial charge is 0.337 e. The van der Waals surface area contributed by atoms with Crippen molar-refractivity contribution in [3.63, 3.8) is 0 Å². The Balaban J connectivity index is 1.22. The number of nitrogens with one attached hydrogen (secondary N) is 1. The lowest BCUT2D eigenvalue weighted by Gasteiger charge is -2.36. The number of halogens is 1. The first-order valence-electron chi connectivity index (χ1n) is 14.5. The number of aromatic nitrogens is 3. The summed E-state index contributed by atoms with van der Waals surface area (Å²) in [5, 5.41) is 12.7. The number of nitrogens with zero attached hydrogens (tertiary/aromatic N) is 5. The SMILES string of the molecule is Cc1cn(CCCC2=Cc3cc(Cl)ccc3[C@H](C3CCN(C(=O)Nc4ccc(C#N)cc4)CC3)c3ncccc32)cn1. The summed E-state index contributed by atoms with van der Waals surface area (Å²) in [5.74, 6) is 0.446. The van der Waals surface area contributed by atoms with Crippen molar-refractivity contribution < 1.29 is 4.79 Å². The molecule has 1 aliphatic heterocycles. The van der Waals surface area contributed by atoms with Gasteiger partial charge in [0.25, 0.3) is 0 Å². The predicted molar refractivity (Wildman–Crippen MR) is 166 cm³/mol. The van der Waals surface area contributed by atoms with E-state index in [4.69, 9.17) is 21.8 Å². The number of hydrogen-bond acceptors (Lipinski definition) is 4. The summed E-state index contributed by atoms with van der Waals surface area (Å²) in [5.41, 5.74) is 8.29. The molecule has 212 valence electrons. The van der Waals surface area contributed by atoms with Gasteiger partial charge in [0.05, 0.1) is 29.3 Å². The summed E-state index contributed by atoms with van der Waals surface area (Å²) in [6, 6.07) is 19.4. The molecule has 1 fully saturated rings. The fraction of sp³-hybridized carbons (Fsp3) is 0.294. The molecule has 0 bridgehead atoms. The van der Waals surface area contributed by atoms with E-state index < -0.39 is 0 Å².